The summed E-state index contributed by atoms with van der Waals surface area (Å²) < 4.78 is 7.28. The number of ether oxygens (including phenoxy) is 1. The molecule has 5 nitrogen and oxygen atoms in total. The zero-order valence-electron chi connectivity index (χ0n) is 9.57. The molecule has 0 aliphatic heterocycles. The van der Waals surface area contributed by atoms with E-state index in [4.69, 9.17) is 4.74 Å². The van der Waals surface area contributed by atoms with Gasteiger partial charge in [0.05, 0.1) is 6.54 Å². The molecule has 0 spiro atoms. The number of aryl methyl sites for hydroxylation is 1. The maximum atomic E-state index is 5.24. The third-order valence-electron chi connectivity index (χ3n) is 2.17. The van der Waals surface area contributed by atoms with E-state index in [0.29, 0.717) is 0 Å². The van der Waals surface area contributed by atoms with E-state index < -0.39 is 0 Å². The number of aromatic nitrogens is 3. The lowest BCUT2D eigenvalue weighted by Gasteiger charge is -2.05. The van der Waals surface area contributed by atoms with Crippen molar-refractivity contribution in [3.05, 3.63) is 12.2 Å². The first-order valence-corrected chi connectivity index (χ1v) is 5.53. The minimum absolute atomic E-state index is 0.778. The highest BCUT2D eigenvalue weighted by molar-refractivity contribution is 4.84. The van der Waals surface area contributed by atoms with Crippen molar-refractivity contribution in [2.24, 2.45) is 0 Å². The molecule has 1 aromatic rings. The van der Waals surface area contributed by atoms with E-state index in [1.807, 2.05) is 11.5 Å². The summed E-state index contributed by atoms with van der Waals surface area (Å²) in [5.74, 6) is 0.994. The van der Waals surface area contributed by atoms with E-state index in [2.05, 4.69) is 22.4 Å². The predicted octanol–water partition coefficient (Wildman–Crippen LogP) is 0.814. The Hall–Kier alpha value is -0.940. The van der Waals surface area contributed by atoms with Gasteiger partial charge in [-0.1, -0.05) is 0 Å². The minimum atomic E-state index is 0.778. The molecule has 0 fully saturated rings. The Morgan fingerprint density at radius 3 is 3.07 bits per heavy atom. The van der Waals surface area contributed by atoms with Gasteiger partial charge in [-0.15, -0.1) is 10.2 Å². The molecule has 0 atom stereocenters. The van der Waals surface area contributed by atoms with Crippen LogP contribution in [0.1, 0.15) is 26.1 Å². The quantitative estimate of drug-likeness (QED) is 0.648. The van der Waals surface area contributed by atoms with Crippen molar-refractivity contribution in [1.29, 1.82) is 0 Å². The van der Waals surface area contributed by atoms with Gasteiger partial charge in [-0.3, -0.25) is 0 Å². The summed E-state index contributed by atoms with van der Waals surface area (Å²) in [6.45, 7) is 8.37. The Kier molecular flexibility index (Phi) is 5.96. The Balaban J connectivity index is 2.09. The van der Waals surface area contributed by atoms with Crippen LogP contribution in [-0.4, -0.2) is 34.5 Å². The second-order valence-corrected chi connectivity index (χ2v) is 3.26. The Morgan fingerprint density at radius 2 is 2.33 bits per heavy atom. The van der Waals surface area contributed by atoms with Crippen molar-refractivity contribution in [2.45, 2.75) is 33.4 Å². The largest absolute Gasteiger partial charge is 0.382 e. The lowest BCUT2D eigenvalue weighted by Crippen LogP contribution is -2.19. The third-order valence-corrected chi connectivity index (χ3v) is 2.17. The summed E-state index contributed by atoms with van der Waals surface area (Å²) in [5, 5.41) is 11.2. The van der Waals surface area contributed by atoms with Crippen molar-refractivity contribution in [3.63, 3.8) is 0 Å². The number of hydrogen-bond acceptors (Lipinski definition) is 4. The van der Waals surface area contributed by atoms with Crippen LogP contribution >= 0.6 is 0 Å². The molecule has 1 aromatic heterocycles. The van der Waals surface area contributed by atoms with Crippen LogP contribution in [0.15, 0.2) is 6.33 Å². The van der Waals surface area contributed by atoms with E-state index in [0.717, 1.165) is 45.1 Å². The highest BCUT2D eigenvalue weighted by Crippen LogP contribution is 1.93. The molecule has 0 bridgehead atoms. The first-order chi connectivity index (χ1) is 7.38. The molecule has 0 aromatic carbocycles. The maximum Gasteiger partial charge on any atom is 0.146 e. The molecule has 0 aliphatic carbocycles. The molecular weight excluding hydrogens is 192 g/mol. The zero-order chi connectivity index (χ0) is 10.9. The van der Waals surface area contributed by atoms with Crippen LogP contribution in [-0.2, 0) is 17.8 Å². The fourth-order valence-electron chi connectivity index (χ4n) is 1.32. The number of hydrogen-bond donors (Lipinski definition) is 1. The average molecular weight is 212 g/mol. The molecular formula is C10H20N4O. The van der Waals surface area contributed by atoms with Crippen molar-refractivity contribution in [1.82, 2.24) is 20.1 Å². The van der Waals surface area contributed by atoms with E-state index in [1.165, 1.54) is 0 Å². The molecule has 15 heavy (non-hydrogen) atoms. The molecule has 0 amide bonds. The van der Waals surface area contributed by atoms with Crippen molar-refractivity contribution >= 4 is 0 Å². The summed E-state index contributed by atoms with van der Waals surface area (Å²) in [6.07, 6.45) is 2.80. The SMILES string of the molecule is CCOCCCNCc1nncn1CC. The monoisotopic (exact) mass is 212 g/mol. The highest BCUT2D eigenvalue weighted by Gasteiger charge is 2.00. The fourth-order valence-corrected chi connectivity index (χ4v) is 1.32. The van der Waals surface area contributed by atoms with E-state index in [-0.39, 0.29) is 0 Å². The van der Waals surface area contributed by atoms with Crippen LogP contribution in [0.2, 0.25) is 0 Å². The molecule has 0 aliphatic rings. The van der Waals surface area contributed by atoms with E-state index in [1.54, 1.807) is 6.33 Å². The first-order valence-electron chi connectivity index (χ1n) is 5.53. The Labute approximate surface area is 90.8 Å². The molecule has 5 heteroatoms. The topological polar surface area (TPSA) is 52.0 Å². The van der Waals surface area contributed by atoms with Crippen LogP contribution in [0.3, 0.4) is 0 Å². The van der Waals surface area contributed by atoms with E-state index in [9.17, 15) is 0 Å². The molecule has 86 valence electrons. The van der Waals surface area contributed by atoms with Gasteiger partial charge >= 0.3 is 0 Å². The summed E-state index contributed by atoms with van der Waals surface area (Å²) in [5.41, 5.74) is 0. The van der Waals surface area contributed by atoms with Gasteiger partial charge in [-0.05, 0) is 26.8 Å². The van der Waals surface area contributed by atoms with Gasteiger partial charge in [0.25, 0.3) is 0 Å². The van der Waals surface area contributed by atoms with Crippen molar-refractivity contribution < 1.29 is 4.74 Å². The van der Waals surface area contributed by atoms with Crippen LogP contribution in [0, 0.1) is 0 Å². The van der Waals surface area contributed by atoms with Gasteiger partial charge in [0, 0.05) is 19.8 Å². The van der Waals surface area contributed by atoms with E-state index >= 15 is 0 Å². The fraction of sp³-hybridized carbons (Fsp3) is 0.800. The van der Waals surface area contributed by atoms with Gasteiger partial charge in [-0.2, -0.15) is 0 Å². The normalized spacial score (nSPS) is 10.8. The molecule has 1 N–H and O–H groups in total. The Bertz CT molecular complexity index is 262. The zero-order valence-corrected chi connectivity index (χ0v) is 9.57. The standard InChI is InChI=1S/C10H20N4O/c1-3-14-9-12-13-10(14)8-11-6-5-7-15-4-2/h9,11H,3-8H2,1-2H3. The maximum absolute atomic E-state index is 5.24. The lowest BCUT2D eigenvalue weighted by atomic mass is 10.4. The molecule has 1 heterocycles. The van der Waals surface area contributed by atoms with Crippen LogP contribution in [0.4, 0.5) is 0 Å². The second-order valence-electron chi connectivity index (χ2n) is 3.26. The smallest absolute Gasteiger partial charge is 0.146 e. The van der Waals surface area contributed by atoms with Gasteiger partial charge in [-0.25, -0.2) is 0 Å². The predicted molar refractivity (Wildman–Crippen MR) is 58.5 cm³/mol. The molecule has 0 saturated heterocycles. The molecule has 1 rings (SSSR count). The average Bonchev–Trinajstić information content (AvgIpc) is 2.70. The van der Waals surface area contributed by atoms with Gasteiger partial charge in [0.2, 0.25) is 0 Å². The molecule has 0 radical (unpaired) electrons. The summed E-state index contributed by atoms with van der Waals surface area (Å²) in [6, 6.07) is 0. The minimum Gasteiger partial charge on any atom is -0.382 e. The van der Waals surface area contributed by atoms with Gasteiger partial charge in [0.1, 0.15) is 12.2 Å². The van der Waals surface area contributed by atoms with Crippen molar-refractivity contribution in [3.8, 4) is 0 Å². The Morgan fingerprint density at radius 1 is 1.47 bits per heavy atom. The third kappa shape index (κ3) is 4.40. The second kappa shape index (κ2) is 7.36. The van der Waals surface area contributed by atoms with Gasteiger partial charge < -0.3 is 14.6 Å². The number of rotatable bonds is 8. The highest BCUT2D eigenvalue weighted by atomic mass is 16.5. The van der Waals surface area contributed by atoms with Crippen LogP contribution in [0.5, 0.6) is 0 Å². The van der Waals surface area contributed by atoms with Gasteiger partial charge in [0.15, 0.2) is 0 Å². The van der Waals surface area contributed by atoms with Crippen LogP contribution in [0.25, 0.3) is 0 Å². The lowest BCUT2D eigenvalue weighted by molar-refractivity contribution is 0.144. The molecule has 0 unspecified atom stereocenters. The molecule has 0 saturated carbocycles. The van der Waals surface area contributed by atoms with Crippen molar-refractivity contribution in [2.75, 3.05) is 19.8 Å². The van der Waals surface area contributed by atoms with Crippen LogP contribution < -0.4 is 5.32 Å². The summed E-state index contributed by atoms with van der Waals surface area (Å²) in [4.78, 5) is 0. The summed E-state index contributed by atoms with van der Waals surface area (Å²) >= 11 is 0. The number of nitrogens with zero attached hydrogens (tertiary/aromatic N) is 3. The first kappa shape index (κ1) is 12.1. The number of nitrogens with one attached hydrogen (secondary N) is 1. The summed E-state index contributed by atoms with van der Waals surface area (Å²) in [7, 11) is 0.